The summed E-state index contributed by atoms with van der Waals surface area (Å²) >= 11 is 0. The van der Waals surface area contributed by atoms with E-state index < -0.39 is 44.3 Å². The average molecular weight is 335 g/mol. The van der Waals surface area contributed by atoms with Crippen LogP contribution < -0.4 is 0 Å². The van der Waals surface area contributed by atoms with Crippen LogP contribution in [0.25, 0.3) is 0 Å². The molecule has 1 atom stereocenters. The summed E-state index contributed by atoms with van der Waals surface area (Å²) in [6, 6.07) is 0. The van der Waals surface area contributed by atoms with Crippen LogP contribution in [0.15, 0.2) is 0 Å². The second-order valence-corrected chi connectivity index (χ2v) is 9.28. The number of aliphatic hydroxyl groups is 1. The van der Waals surface area contributed by atoms with Crippen molar-refractivity contribution in [3.63, 3.8) is 0 Å². The van der Waals surface area contributed by atoms with E-state index in [2.05, 4.69) is 0 Å². The molecule has 0 spiro atoms. The molecule has 0 bridgehead atoms. The molecule has 1 unspecified atom stereocenters. The van der Waals surface area contributed by atoms with Crippen molar-refractivity contribution in [2.75, 3.05) is 24.6 Å². The molecule has 0 aliphatic carbocycles. The molecule has 0 aromatic rings. The lowest BCUT2D eigenvalue weighted by Gasteiger charge is -2.53. The van der Waals surface area contributed by atoms with Gasteiger partial charge in [-0.3, -0.25) is 4.79 Å². The molecule has 0 aromatic carbocycles. The third kappa shape index (κ3) is 2.79. The van der Waals surface area contributed by atoms with Gasteiger partial charge in [-0.25, -0.2) is 13.2 Å². The molecule has 2 N–H and O–H groups in total. The van der Waals surface area contributed by atoms with Gasteiger partial charge in [-0.2, -0.15) is 0 Å². The van der Waals surface area contributed by atoms with Gasteiger partial charge in [0, 0.05) is 13.1 Å². The Bertz CT molecular complexity index is 600. The van der Waals surface area contributed by atoms with Crippen molar-refractivity contribution in [1.29, 1.82) is 0 Å². The fourth-order valence-corrected chi connectivity index (χ4v) is 4.84. The fraction of sp³-hybridized carbons (Fsp3) is 0.846. The minimum atomic E-state index is -3.46. The van der Waals surface area contributed by atoms with Crippen LogP contribution in [-0.2, 0) is 19.4 Å². The van der Waals surface area contributed by atoms with Crippen molar-refractivity contribution < 1.29 is 33.0 Å². The van der Waals surface area contributed by atoms with Gasteiger partial charge in [0.1, 0.15) is 11.0 Å². The molecule has 9 heteroatoms. The predicted octanol–water partition coefficient (Wildman–Crippen LogP) is -0.142. The first-order valence-corrected chi connectivity index (χ1v) is 8.77. The number of likely N-dealkylation sites (tertiary alicyclic amines) is 1. The lowest BCUT2D eigenvalue weighted by Crippen LogP contribution is -2.72. The van der Waals surface area contributed by atoms with Gasteiger partial charge in [-0.1, -0.05) is 0 Å². The first kappa shape index (κ1) is 17.0. The summed E-state index contributed by atoms with van der Waals surface area (Å²) in [6.07, 6.45) is -0.808. The number of nitrogens with zero attached hydrogens (tertiary/aromatic N) is 1. The molecule has 126 valence electrons. The number of ether oxygens (including phenoxy) is 1. The molecule has 22 heavy (non-hydrogen) atoms. The molecule has 0 aromatic heterocycles. The molecular weight excluding hydrogens is 314 g/mol. The summed E-state index contributed by atoms with van der Waals surface area (Å²) in [5, 5.41) is 20.0. The van der Waals surface area contributed by atoms with Crippen LogP contribution in [0.2, 0.25) is 0 Å². The molecule has 8 nitrogen and oxygen atoms in total. The number of aliphatic carboxylic acids is 1. The molecule has 0 radical (unpaired) electrons. The number of carboxylic acids is 1. The van der Waals surface area contributed by atoms with Gasteiger partial charge in [0.05, 0.1) is 17.1 Å². The Morgan fingerprint density at radius 3 is 2.14 bits per heavy atom. The third-order valence-corrected chi connectivity index (χ3v) is 5.90. The molecule has 2 aliphatic rings. The van der Waals surface area contributed by atoms with E-state index in [9.17, 15) is 28.2 Å². The molecular formula is C13H21NO7S. The maximum atomic E-state index is 11.9. The average Bonchev–Trinajstić information content (AvgIpc) is 2.48. The number of rotatable bonds is 2. The van der Waals surface area contributed by atoms with Gasteiger partial charge in [0.2, 0.25) is 0 Å². The molecule has 2 fully saturated rings. The van der Waals surface area contributed by atoms with Crippen molar-refractivity contribution in [3.8, 4) is 0 Å². The molecule has 2 heterocycles. The molecule has 2 saturated heterocycles. The molecule has 2 rings (SSSR count). The lowest BCUT2D eigenvalue weighted by molar-refractivity contribution is -0.189. The number of carbonyl (C=O) groups excluding carboxylic acids is 1. The Kier molecular flexibility index (Phi) is 3.73. The Labute approximate surface area is 129 Å². The first-order valence-electron chi connectivity index (χ1n) is 6.94. The smallest absolute Gasteiger partial charge is 0.410 e. The van der Waals surface area contributed by atoms with E-state index >= 15 is 0 Å². The van der Waals surface area contributed by atoms with E-state index in [1.807, 2.05) is 0 Å². The topological polar surface area (TPSA) is 121 Å². The summed E-state index contributed by atoms with van der Waals surface area (Å²) < 4.78 is 28.3. The van der Waals surface area contributed by atoms with Gasteiger partial charge >= 0.3 is 12.1 Å². The Morgan fingerprint density at radius 2 is 1.77 bits per heavy atom. The predicted molar refractivity (Wildman–Crippen MR) is 76.1 cm³/mol. The highest BCUT2D eigenvalue weighted by Gasteiger charge is 2.67. The van der Waals surface area contributed by atoms with Gasteiger partial charge in [-0.15, -0.1) is 0 Å². The van der Waals surface area contributed by atoms with Gasteiger partial charge in [-0.05, 0) is 27.2 Å². The second-order valence-electron chi connectivity index (χ2n) is 7.10. The summed E-state index contributed by atoms with van der Waals surface area (Å²) in [4.78, 5) is 24.7. The van der Waals surface area contributed by atoms with Crippen molar-refractivity contribution >= 4 is 21.9 Å². The summed E-state index contributed by atoms with van der Waals surface area (Å²) in [7, 11) is -3.46. The maximum absolute atomic E-state index is 11.9. The minimum Gasteiger partial charge on any atom is -0.481 e. The normalized spacial score (nSPS) is 29.7. The largest absolute Gasteiger partial charge is 0.481 e. The van der Waals surface area contributed by atoms with Crippen molar-refractivity contribution in [2.24, 2.45) is 5.41 Å². The zero-order valence-corrected chi connectivity index (χ0v) is 13.6. The summed E-state index contributed by atoms with van der Waals surface area (Å²) in [6.45, 7) is 4.54. The van der Waals surface area contributed by atoms with Crippen LogP contribution in [0.3, 0.4) is 0 Å². The number of sulfone groups is 1. The Morgan fingerprint density at radius 1 is 1.23 bits per heavy atom. The quantitative estimate of drug-likeness (QED) is 0.720. The minimum absolute atomic E-state index is 0.135. The van der Waals surface area contributed by atoms with E-state index in [1.54, 1.807) is 20.8 Å². The zero-order chi connectivity index (χ0) is 17.0. The second kappa shape index (κ2) is 4.82. The van der Waals surface area contributed by atoms with Crippen LogP contribution in [-0.4, -0.2) is 71.4 Å². The van der Waals surface area contributed by atoms with E-state index in [1.165, 1.54) is 4.90 Å². The van der Waals surface area contributed by atoms with Crippen LogP contribution >= 0.6 is 0 Å². The third-order valence-electron chi connectivity index (χ3n) is 4.16. The SMILES string of the molecule is CC(C)(C)OC(=O)N1CC(C(=O)O)(C2(O)CCS(=O)(=O)C2)C1. The molecule has 0 saturated carbocycles. The number of hydrogen-bond donors (Lipinski definition) is 2. The van der Waals surface area contributed by atoms with E-state index in [-0.39, 0.29) is 25.3 Å². The van der Waals surface area contributed by atoms with Crippen molar-refractivity contribution in [1.82, 2.24) is 4.90 Å². The zero-order valence-electron chi connectivity index (χ0n) is 12.8. The van der Waals surface area contributed by atoms with Gasteiger partial charge in [0.15, 0.2) is 9.84 Å². The van der Waals surface area contributed by atoms with E-state index in [4.69, 9.17) is 4.74 Å². The number of amides is 1. The Hall–Kier alpha value is -1.35. The summed E-state index contributed by atoms with van der Waals surface area (Å²) in [5.41, 5.74) is -4.23. The van der Waals surface area contributed by atoms with E-state index in [0.29, 0.717) is 0 Å². The van der Waals surface area contributed by atoms with E-state index in [0.717, 1.165) is 0 Å². The lowest BCUT2D eigenvalue weighted by atomic mass is 9.66. The molecule has 2 aliphatic heterocycles. The number of carboxylic acid groups (broad SMARTS) is 1. The molecule has 1 amide bonds. The van der Waals surface area contributed by atoms with Gasteiger partial charge < -0.3 is 19.8 Å². The number of hydrogen-bond acceptors (Lipinski definition) is 6. The van der Waals surface area contributed by atoms with Crippen LogP contribution in [0.1, 0.15) is 27.2 Å². The summed E-state index contributed by atoms with van der Waals surface area (Å²) in [5.74, 6) is -2.13. The van der Waals surface area contributed by atoms with Crippen molar-refractivity contribution in [3.05, 3.63) is 0 Å². The first-order chi connectivity index (χ1) is 9.80. The highest BCUT2D eigenvalue weighted by Crippen LogP contribution is 2.47. The van der Waals surface area contributed by atoms with Crippen LogP contribution in [0, 0.1) is 5.41 Å². The van der Waals surface area contributed by atoms with Crippen LogP contribution in [0.5, 0.6) is 0 Å². The standard InChI is InChI=1S/C13H21NO7S/c1-11(2,3)21-10(17)14-6-12(7-14,9(15)16)13(18)4-5-22(19,20)8-13/h18H,4-8H2,1-3H3,(H,15,16). The Balaban J connectivity index is 2.16. The fourth-order valence-electron chi connectivity index (χ4n) is 2.90. The highest BCUT2D eigenvalue weighted by atomic mass is 32.2. The maximum Gasteiger partial charge on any atom is 0.410 e. The highest BCUT2D eigenvalue weighted by molar-refractivity contribution is 7.91. The van der Waals surface area contributed by atoms with Gasteiger partial charge in [0.25, 0.3) is 0 Å². The van der Waals surface area contributed by atoms with Crippen LogP contribution in [0.4, 0.5) is 4.79 Å². The number of carbonyl (C=O) groups is 2. The monoisotopic (exact) mass is 335 g/mol. The van der Waals surface area contributed by atoms with Crippen molar-refractivity contribution in [2.45, 2.75) is 38.4 Å².